The maximum absolute atomic E-state index is 11.4. The van der Waals surface area contributed by atoms with Crippen LogP contribution in [0.4, 0.5) is 0 Å². The van der Waals surface area contributed by atoms with Crippen LogP contribution >= 0.6 is 0 Å². The van der Waals surface area contributed by atoms with Crippen LogP contribution in [-0.4, -0.2) is 5.78 Å². The molecule has 0 amide bonds. The summed E-state index contributed by atoms with van der Waals surface area (Å²) in [5.74, 6) is 2.92. The van der Waals surface area contributed by atoms with Gasteiger partial charge in [-0.05, 0) is 24.7 Å². The molecule has 4 atom stereocenters. The van der Waals surface area contributed by atoms with Crippen molar-refractivity contribution in [2.24, 2.45) is 23.7 Å². The minimum Gasteiger partial charge on any atom is -0.299 e. The first-order valence-electron chi connectivity index (χ1n) is 4.24. The van der Waals surface area contributed by atoms with Crippen molar-refractivity contribution in [1.82, 2.24) is 0 Å². The monoisotopic (exact) mass is 138 g/mol. The van der Waals surface area contributed by atoms with Gasteiger partial charge in [0, 0.05) is 11.8 Å². The van der Waals surface area contributed by atoms with Gasteiger partial charge in [0.05, 0.1) is 0 Å². The molecule has 0 spiro atoms. The molecule has 2 saturated carbocycles. The van der Waals surface area contributed by atoms with E-state index in [0.29, 0.717) is 29.5 Å². The van der Waals surface area contributed by atoms with Crippen LogP contribution in [0.1, 0.15) is 26.7 Å². The molecule has 0 aromatic carbocycles. The predicted octanol–water partition coefficient (Wildman–Crippen LogP) is 1.87. The lowest BCUT2D eigenvalue weighted by molar-refractivity contribution is -0.121. The molecule has 0 aromatic heterocycles. The molecule has 2 rings (SSSR count). The van der Waals surface area contributed by atoms with E-state index >= 15 is 0 Å². The summed E-state index contributed by atoms with van der Waals surface area (Å²) in [4.78, 5) is 11.4. The molecule has 2 fully saturated rings. The van der Waals surface area contributed by atoms with Crippen LogP contribution in [0.15, 0.2) is 0 Å². The number of ketones is 1. The minimum atomic E-state index is 0.468. The van der Waals surface area contributed by atoms with E-state index in [4.69, 9.17) is 0 Å². The number of hydrogen-bond donors (Lipinski definition) is 0. The molecule has 0 aromatic rings. The summed E-state index contributed by atoms with van der Waals surface area (Å²) >= 11 is 0. The first-order chi connectivity index (χ1) is 4.70. The normalized spacial score (nSPS) is 50.6. The molecular formula is C9H14O. The minimum absolute atomic E-state index is 0.468. The Bertz CT molecular complexity index is 156. The summed E-state index contributed by atoms with van der Waals surface area (Å²) in [5.41, 5.74) is 0. The molecule has 0 N–H and O–H groups in total. The number of hydrogen-bond acceptors (Lipinski definition) is 1. The largest absolute Gasteiger partial charge is 0.299 e. The lowest BCUT2D eigenvalue weighted by Crippen LogP contribution is -2.05. The first-order valence-corrected chi connectivity index (χ1v) is 4.24. The van der Waals surface area contributed by atoms with Crippen LogP contribution in [0.2, 0.25) is 0 Å². The van der Waals surface area contributed by atoms with Gasteiger partial charge in [0.2, 0.25) is 0 Å². The van der Waals surface area contributed by atoms with Crippen LogP contribution in [-0.2, 0) is 4.79 Å². The highest BCUT2D eigenvalue weighted by molar-refractivity contribution is 5.88. The van der Waals surface area contributed by atoms with Crippen LogP contribution in [0.5, 0.6) is 0 Å². The molecule has 0 saturated heterocycles. The van der Waals surface area contributed by atoms with Crippen molar-refractivity contribution < 1.29 is 4.79 Å². The van der Waals surface area contributed by atoms with Crippen LogP contribution in [0.25, 0.3) is 0 Å². The Morgan fingerprint density at radius 2 is 1.40 bits per heavy atom. The highest BCUT2D eigenvalue weighted by Gasteiger charge is 2.48. The average Bonchev–Trinajstić information content (AvgIpc) is 2.70. The SMILES string of the molecule is CC1CC1C(=O)[C@@H]1C[C@H]1C. The number of carbonyl (C=O) groups excluding carboxylic acids is 1. The standard InChI is InChI=1S/C9H14O/c1-5-3-7(5)9(10)8-4-6(8)2/h5-8H,3-4H2,1-2H3/t5-,6?,7-,8?/m1/s1. The van der Waals surface area contributed by atoms with Crippen LogP contribution in [0.3, 0.4) is 0 Å². The topological polar surface area (TPSA) is 17.1 Å². The summed E-state index contributed by atoms with van der Waals surface area (Å²) < 4.78 is 0. The summed E-state index contributed by atoms with van der Waals surface area (Å²) in [7, 11) is 0. The lowest BCUT2D eigenvalue weighted by Gasteiger charge is -1.92. The van der Waals surface area contributed by atoms with Crippen LogP contribution < -0.4 is 0 Å². The quantitative estimate of drug-likeness (QED) is 0.569. The predicted molar refractivity (Wildman–Crippen MR) is 39.5 cm³/mol. The van der Waals surface area contributed by atoms with Gasteiger partial charge in [0.25, 0.3) is 0 Å². The van der Waals surface area contributed by atoms with Crippen molar-refractivity contribution in [2.45, 2.75) is 26.7 Å². The number of carbonyl (C=O) groups is 1. The molecule has 1 heteroatoms. The van der Waals surface area contributed by atoms with Crippen LogP contribution in [0, 0.1) is 23.7 Å². The van der Waals surface area contributed by atoms with Crippen molar-refractivity contribution in [3.63, 3.8) is 0 Å². The molecule has 0 bridgehead atoms. The van der Waals surface area contributed by atoms with Crippen molar-refractivity contribution in [2.75, 3.05) is 0 Å². The van der Waals surface area contributed by atoms with Gasteiger partial charge in [-0.25, -0.2) is 0 Å². The van der Waals surface area contributed by atoms with E-state index in [0.717, 1.165) is 0 Å². The molecule has 1 nitrogen and oxygen atoms in total. The second-order valence-electron chi connectivity index (χ2n) is 4.04. The molecule has 2 aliphatic carbocycles. The third-order valence-corrected chi connectivity index (χ3v) is 2.95. The van der Waals surface area contributed by atoms with E-state index in [2.05, 4.69) is 13.8 Å². The summed E-state index contributed by atoms with van der Waals surface area (Å²) in [6.07, 6.45) is 2.34. The molecule has 0 radical (unpaired) electrons. The zero-order valence-electron chi connectivity index (χ0n) is 6.63. The maximum Gasteiger partial charge on any atom is 0.139 e. The fraction of sp³-hybridized carbons (Fsp3) is 0.889. The first kappa shape index (κ1) is 6.38. The molecule has 10 heavy (non-hydrogen) atoms. The van der Waals surface area contributed by atoms with E-state index in [-0.39, 0.29) is 0 Å². The van der Waals surface area contributed by atoms with Gasteiger partial charge in [-0.2, -0.15) is 0 Å². The molecule has 2 aliphatic rings. The van der Waals surface area contributed by atoms with Gasteiger partial charge in [0.15, 0.2) is 0 Å². The van der Waals surface area contributed by atoms with Gasteiger partial charge < -0.3 is 0 Å². The van der Waals surface area contributed by atoms with Crippen molar-refractivity contribution in [1.29, 1.82) is 0 Å². The highest BCUT2D eigenvalue weighted by atomic mass is 16.1. The second-order valence-corrected chi connectivity index (χ2v) is 4.04. The smallest absolute Gasteiger partial charge is 0.139 e. The number of rotatable bonds is 2. The number of Topliss-reactive ketones (excluding diaryl/α,β-unsaturated/α-hetero) is 1. The van der Waals surface area contributed by atoms with Gasteiger partial charge in [-0.15, -0.1) is 0 Å². The fourth-order valence-electron chi connectivity index (χ4n) is 1.71. The third-order valence-electron chi connectivity index (χ3n) is 2.95. The summed E-state index contributed by atoms with van der Waals surface area (Å²) in [6, 6.07) is 0. The molecule has 56 valence electrons. The third kappa shape index (κ3) is 0.882. The Morgan fingerprint density at radius 1 is 1.10 bits per heavy atom. The van der Waals surface area contributed by atoms with Crippen molar-refractivity contribution in [3.05, 3.63) is 0 Å². The molecule has 0 aliphatic heterocycles. The Balaban J connectivity index is 1.89. The van der Waals surface area contributed by atoms with Gasteiger partial charge in [-0.1, -0.05) is 13.8 Å². The zero-order valence-corrected chi connectivity index (χ0v) is 6.63. The highest BCUT2D eigenvalue weighted by Crippen LogP contribution is 2.48. The Kier molecular flexibility index (Phi) is 1.17. The lowest BCUT2D eigenvalue weighted by atomic mass is 10.1. The van der Waals surface area contributed by atoms with Crippen molar-refractivity contribution in [3.8, 4) is 0 Å². The summed E-state index contributed by atoms with van der Waals surface area (Å²) in [5, 5.41) is 0. The Morgan fingerprint density at radius 3 is 1.60 bits per heavy atom. The van der Waals surface area contributed by atoms with E-state index in [1.807, 2.05) is 0 Å². The maximum atomic E-state index is 11.4. The van der Waals surface area contributed by atoms with Gasteiger partial charge in [-0.3, -0.25) is 4.79 Å². The van der Waals surface area contributed by atoms with Gasteiger partial charge in [0.1, 0.15) is 5.78 Å². The summed E-state index contributed by atoms with van der Waals surface area (Å²) in [6.45, 7) is 4.35. The zero-order chi connectivity index (χ0) is 7.30. The molecular weight excluding hydrogens is 124 g/mol. The van der Waals surface area contributed by atoms with E-state index < -0.39 is 0 Å². The van der Waals surface area contributed by atoms with Crippen molar-refractivity contribution >= 4 is 5.78 Å². The van der Waals surface area contributed by atoms with Gasteiger partial charge >= 0.3 is 0 Å². The Labute approximate surface area is 61.8 Å². The fourth-order valence-corrected chi connectivity index (χ4v) is 1.71. The van der Waals surface area contributed by atoms with E-state index in [1.165, 1.54) is 12.8 Å². The second kappa shape index (κ2) is 1.84. The average molecular weight is 138 g/mol. The van der Waals surface area contributed by atoms with E-state index in [9.17, 15) is 4.79 Å². The molecule has 2 unspecified atom stereocenters. The Hall–Kier alpha value is -0.330. The molecule has 0 heterocycles. The van der Waals surface area contributed by atoms with E-state index in [1.54, 1.807) is 0 Å².